The Balaban J connectivity index is 1.38. The average molecular weight is 479 g/mol. The van der Waals surface area contributed by atoms with Gasteiger partial charge in [-0.1, -0.05) is 69.3 Å². The molecule has 1 atom stereocenters. The molecule has 1 unspecified atom stereocenters. The van der Waals surface area contributed by atoms with Crippen molar-refractivity contribution >= 4 is 18.0 Å². The average Bonchev–Trinajstić information content (AvgIpc) is 3.08. The highest BCUT2D eigenvalue weighted by molar-refractivity contribution is 5.84. The van der Waals surface area contributed by atoms with E-state index < -0.39 is 23.5 Å². The molecule has 0 saturated carbocycles. The second kappa shape index (κ2) is 9.36. The molecular formula is C28H34N2O5. The van der Waals surface area contributed by atoms with Gasteiger partial charge in [0.1, 0.15) is 6.61 Å². The number of hydrogen-bond donors (Lipinski definition) is 2. The fraction of sp³-hybridized carbons (Fsp3) is 0.464. The summed E-state index contributed by atoms with van der Waals surface area (Å²) in [5.74, 6) is -1.09. The summed E-state index contributed by atoms with van der Waals surface area (Å²) >= 11 is 0. The van der Waals surface area contributed by atoms with E-state index in [1.54, 1.807) is 11.8 Å². The Labute approximate surface area is 206 Å². The van der Waals surface area contributed by atoms with Crippen molar-refractivity contribution in [3.05, 3.63) is 59.7 Å². The number of benzene rings is 2. The number of aliphatic carboxylic acids is 1. The molecule has 2 aromatic rings. The Hall–Kier alpha value is -3.35. The van der Waals surface area contributed by atoms with Crippen molar-refractivity contribution in [1.29, 1.82) is 0 Å². The minimum atomic E-state index is -0.899. The molecule has 7 nitrogen and oxygen atoms in total. The number of amides is 2. The molecule has 2 amide bonds. The molecule has 1 aliphatic carbocycles. The first-order chi connectivity index (χ1) is 16.5. The molecule has 186 valence electrons. The van der Waals surface area contributed by atoms with E-state index in [0.29, 0.717) is 6.42 Å². The van der Waals surface area contributed by atoms with Crippen LogP contribution in [0, 0.1) is 10.8 Å². The zero-order chi connectivity index (χ0) is 25.4. The lowest BCUT2D eigenvalue weighted by Gasteiger charge is -2.45. The van der Waals surface area contributed by atoms with Crippen LogP contribution in [0.5, 0.6) is 0 Å². The predicted octanol–water partition coefficient (Wildman–Crippen LogP) is 4.65. The molecule has 0 radical (unpaired) electrons. The molecule has 0 spiro atoms. The molecule has 2 N–H and O–H groups in total. The first-order valence-corrected chi connectivity index (χ1v) is 12.1. The summed E-state index contributed by atoms with van der Waals surface area (Å²) in [5, 5.41) is 12.2. The summed E-state index contributed by atoms with van der Waals surface area (Å²) in [7, 11) is 0. The van der Waals surface area contributed by atoms with E-state index in [-0.39, 0.29) is 43.4 Å². The van der Waals surface area contributed by atoms with Crippen LogP contribution in [0.1, 0.15) is 57.6 Å². The van der Waals surface area contributed by atoms with Gasteiger partial charge in [0.2, 0.25) is 5.91 Å². The maximum atomic E-state index is 12.8. The van der Waals surface area contributed by atoms with Crippen molar-refractivity contribution < 1.29 is 24.2 Å². The van der Waals surface area contributed by atoms with Gasteiger partial charge < -0.3 is 20.1 Å². The Morgan fingerprint density at radius 1 is 1.06 bits per heavy atom. The largest absolute Gasteiger partial charge is 0.481 e. The highest BCUT2D eigenvalue weighted by atomic mass is 16.5. The minimum absolute atomic E-state index is 0.0365. The van der Waals surface area contributed by atoms with Crippen molar-refractivity contribution in [3.63, 3.8) is 0 Å². The van der Waals surface area contributed by atoms with Crippen LogP contribution in [0.15, 0.2) is 48.5 Å². The molecule has 1 saturated heterocycles. The molecule has 1 heterocycles. The highest BCUT2D eigenvalue weighted by Crippen LogP contribution is 2.44. The summed E-state index contributed by atoms with van der Waals surface area (Å²) in [6, 6.07) is 15.9. The molecular weight excluding hydrogens is 444 g/mol. The van der Waals surface area contributed by atoms with E-state index in [4.69, 9.17) is 4.74 Å². The Morgan fingerprint density at radius 2 is 1.60 bits per heavy atom. The Bertz CT molecular complexity index is 1080. The standard InChI is InChI=1S/C28H34N2O5/c1-27(2,3)14-18(13-24(31)30-16-28(4,17-30)25(32)33)29-26(34)35-15-23-21-11-7-5-9-19(21)20-10-6-8-12-22(20)23/h5-12,18,23H,13-17H2,1-4H3,(H,29,34)(H,32,33). The third-order valence-electron chi connectivity index (χ3n) is 6.89. The predicted molar refractivity (Wildman–Crippen MR) is 133 cm³/mol. The number of nitrogens with zero attached hydrogens (tertiary/aromatic N) is 1. The molecule has 2 aliphatic rings. The molecule has 1 fully saturated rings. The van der Waals surface area contributed by atoms with E-state index in [1.165, 1.54) is 0 Å². The van der Waals surface area contributed by atoms with Crippen LogP contribution in [0.2, 0.25) is 0 Å². The summed E-state index contributed by atoms with van der Waals surface area (Å²) in [6.45, 7) is 8.38. The number of carboxylic acids is 1. The van der Waals surface area contributed by atoms with Gasteiger partial charge in [-0.2, -0.15) is 0 Å². The van der Waals surface area contributed by atoms with Gasteiger partial charge in [-0.15, -0.1) is 0 Å². The summed E-state index contributed by atoms with van der Waals surface area (Å²) in [5.41, 5.74) is 3.60. The smallest absolute Gasteiger partial charge is 0.407 e. The van der Waals surface area contributed by atoms with Gasteiger partial charge >= 0.3 is 12.1 Å². The van der Waals surface area contributed by atoms with Crippen LogP contribution in [-0.4, -0.2) is 53.7 Å². The number of rotatable bonds is 7. The summed E-state index contributed by atoms with van der Waals surface area (Å²) in [6.07, 6.45) is 0.150. The Kier molecular flexibility index (Phi) is 6.62. The van der Waals surface area contributed by atoms with Crippen LogP contribution < -0.4 is 5.32 Å². The maximum Gasteiger partial charge on any atom is 0.407 e. The van der Waals surface area contributed by atoms with Gasteiger partial charge in [0, 0.05) is 31.5 Å². The van der Waals surface area contributed by atoms with Gasteiger partial charge in [-0.25, -0.2) is 4.79 Å². The zero-order valence-electron chi connectivity index (χ0n) is 20.8. The Morgan fingerprint density at radius 3 is 2.11 bits per heavy atom. The van der Waals surface area contributed by atoms with Gasteiger partial charge in [-0.3, -0.25) is 9.59 Å². The van der Waals surface area contributed by atoms with E-state index in [0.717, 1.165) is 22.3 Å². The lowest BCUT2D eigenvalue weighted by atomic mass is 9.81. The van der Waals surface area contributed by atoms with Crippen LogP contribution >= 0.6 is 0 Å². The number of hydrogen-bond acceptors (Lipinski definition) is 4. The van der Waals surface area contributed by atoms with Crippen molar-refractivity contribution in [1.82, 2.24) is 10.2 Å². The number of nitrogens with one attached hydrogen (secondary N) is 1. The van der Waals surface area contributed by atoms with E-state index >= 15 is 0 Å². The van der Waals surface area contributed by atoms with Gasteiger partial charge in [-0.05, 0) is 41.0 Å². The van der Waals surface area contributed by atoms with E-state index in [9.17, 15) is 19.5 Å². The number of fused-ring (bicyclic) bond motifs is 3. The third kappa shape index (κ3) is 5.34. The first kappa shape index (κ1) is 24.8. The number of ether oxygens (including phenoxy) is 1. The fourth-order valence-electron chi connectivity index (χ4n) is 5.17. The second-order valence-corrected chi connectivity index (χ2v) is 11.3. The van der Waals surface area contributed by atoms with Crippen molar-refractivity contribution in [3.8, 4) is 11.1 Å². The number of carbonyl (C=O) groups is 3. The van der Waals surface area contributed by atoms with Crippen LogP contribution in [-0.2, 0) is 14.3 Å². The number of alkyl carbamates (subject to hydrolysis) is 1. The highest BCUT2D eigenvalue weighted by Gasteiger charge is 2.47. The molecule has 7 heteroatoms. The van der Waals surface area contributed by atoms with E-state index in [1.807, 2.05) is 24.3 Å². The van der Waals surface area contributed by atoms with Gasteiger partial charge in [0.05, 0.1) is 5.41 Å². The van der Waals surface area contributed by atoms with E-state index in [2.05, 4.69) is 50.4 Å². The molecule has 2 aromatic carbocycles. The zero-order valence-corrected chi connectivity index (χ0v) is 20.8. The third-order valence-corrected chi connectivity index (χ3v) is 6.89. The second-order valence-electron chi connectivity index (χ2n) is 11.3. The number of likely N-dealkylation sites (tertiary alicyclic amines) is 1. The normalized spacial score (nSPS) is 17.1. The molecule has 1 aliphatic heterocycles. The SMILES string of the molecule is CC(C)(C)CC(CC(=O)N1CC(C)(C(=O)O)C1)NC(=O)OCC1c2ccccc2-c2ccccc21. The molecule has 35 heavy (non-hydrogen) atoms. The monoisotopic (exact) mass is 478 g/mol. The fourth-order valence-corrected chi connectivity index (χ4v) is 5.17. The summed E-state index contributed by atoms with van der Waals surface area (Å²) < 4.78 is 5.68. The lowest BCUT2D eigenvalue weighted by Crippen LogP contribution is -2.61. The van der Waals surface area contributed by atoms with Crippen molar-refractivity contribution in [2.45, 2.75) is 52.5 Å². The number of carbonyl (C=O) groups excluding carboxylic acids is 2. The quantitative estimate of drug-likeness (QED) is 0.604. The minimum Gasteiger partial charge on any atom is -0.481 e. The van der Waals surface area contributed by atoms with Crippen LogP contribution in [0.25, 0.3) is 11.1 Å². The van der Waals surface area contributed by atoms with Gasteiger partial charge in [0.25, 0.3) is 0 Å². The van der Waals surface area contributed by atoms with Gasteiger partial charge in [0.15, 0.2) is 0 Å². The van der Waals surface area contributed by atoms with Crippen LogP contribution in [0.4, 0.5) is 4.79 Å². The summed E-state index contributed by atoms with van der Waals surface area (Å²) in [4.78, 5) is 38.5. The van der Waals surface area contributed by atoms with Crippen molar-refractivity contribution in [2.75, 3.05) is 19.7 Å². The first-order valence-electron chi connectivity index (χ1n) is 12.1. The number of carboxylic acid groups (broad SMARTS) is 1. The topological polar surface area (TPSA) is 95.9 Å². The molecule has 0 aromatic heterocycles. The molecule has 4 rings (SSSR count). The van der Waals surface area contributed by atoms with Crippen molar-refractivity contribution in [2.24, 2.45) is 10.8 Å². The molecule has 0 bridgehead atoms. The van der Waals surface area contributed by atoms with Crippen LogP contribution in [0.3, 0.4) is 0 Å². The maximum absolute atomic E-state index is 12.8. The lowest BCUT2D eigenvalue weighted by molar-refractivity contribution is -0.164.